The molecule has 0 aromatic heterocycles. The molecule has 18 heavy (non-hydrogen) atoms. The first-order valence-electron chi connectivity index (χ1n) is 7.46. The highest BCUT2D eigenvalue weighted by molar-refractivity contribution is 5.59. The van der Waals surface area contributed by atoms with E-state index in [4.69, 9.17) is 0 Å². The smallest absolute Gasteiger partial charge is 0.127 e. The number of aldehydes is 1. The lowest BCUT2D eigenvalue weighted by molar-refractivity contribution is -0.118. The van der Waals surface area contributed by atoms with Gasteiger partial charge < -0.3 is 14.8 Å². The van der Waals surface area contributed by atoms with E-state index in [0.29, 0.717) is 5.92 Å². The molecule has 2 aliphatic rings. The van der Waals surface area contributed by atoms with E-state index in [1.54, 1.807) is 0 Å². The van der Waals surface area contributed by atoms with Crippen LogP contribution in [0.2, 0.25) is 0 Å². The van der Waals surface area contributed by atoms with E-state index >= 15 is 0 Å². The Morgan fingerprint density at radius 1 is 1.22 bits per heavy atom. The van der Waals surface area contributed by atoms with E-state index in [-0.39, 0.29) is 11.5 Å². The van der Waals surface area contributed by atoms with Gasteiger partial charge in [-0.3, -0.25) is 0 Å². The van der Waals surface area contributed by atoms with E-state index in [1.807, 2.05) is 0 Å². The van der Waals surface area contributed by atoms with Crippen molar-refractivity contribution in [3.05, 3.63) is 0 Å². The van der Waals surface area contributed by atoms with Crippen molar-refractivity contribution in [1.82, 2.24) is 4.90 Å². The first kappa shape index (κ1) is 14.0. The molecule has 0 aromatic rings. The van der Waals surface area contributed by atoms with Crippen molar-refractivity contribution >= 4 is 6.29 Å². The van der Waals surface area contributed by atoms with Crippen LogP contribution in [0.4, 0.5) is 0 Å². The van der Waals surface area contributed by atoms with Crippen molar-refractivity contribution in [3.8, 4) is 0 Å². The van der Waals surface area contributed by atoms with Crippen molar-refractivity contribution in [2.24, 2.45) is 11.3 Å². The van der Waals surface area contributed by atoms with Gasteiger partial charge in [0.15, 0.2) is 0 Å². The molecule has 1 N–H and O–H groups in total. The van der Waals surface area contributed by atoms with Crippen LogP contribution in [0.25, 0.3) is 0 Å². The van der Waals surface area contributed by atoms with Crippen molar-refractivity contribution in [2.75, 3.05) is 20.1 Å². The molecular weight excluding hydrogens is 226 g/mol. The topological polar surface area (TPSA) is 40.5 Å². The van der Waals surface area contributed by atoms with Crippen LogP contribution >= 0.6 is 0 Å². The normalized spacial score (nSPS) is 31.7. The lowest BCUT2D eigenvalue weighted by Gasteiger charge is -2.37. The fraction of sp³-hybridized carbons (Fsp3) is 0.933. The summed E-state index contributed by atoms with van der Waals surface area (Å²) in [5.41, 5.74) is -0.0897. The molecule has 0 atom stereocenters. The van der Waals surface area contributed by atoms with Gasteiger partial charge in [-0.15, -0.1) is 0 Å². The molecule has 2 saturated carbocycles. The highest BCUT2D eigenvalue weighted by atomic mass is 16.3. The average molecular weight is 253 g/mol. The predicted octanol–water partition coefficient (Wildman–Crippen LogP) is 2.23. The van der Waals surface area contributed by atoms with Crippen LogP contribution in [-0.4, -0.2) is 42.5 Å². The summed E-state index contributed by atoms with van der Waals surface area (Å²) < 4.78 is 0. The number of aliphatic hydroxyl groups is 1. The SMILES string of the molecule is CN(CC1CC(O)C1)CC1(C=O)CCCCCC1. The van der Waals surface area contributed by atoms with E-state index in [0.717, 1.165) is 38.8 Å². The van der Waals surface area contributed by atoms with Crippen molar-refractivity contribution in [3.63, 3.8) is 0 Å². The summed E-state index contributed by atoms with van der Waals surface area (Å²) in [6.07, 6.45) is 10.1. The lowest BCUT2D eigenvalue weighted by atomic mass is 9.79. The zero-order chi connectivity index (χ0) is 13.0. The molecule has 0 amide bonds. The third kappa shape index (κ3) is 3.55. The van der Waals surface area contributed by atoms with Gasteiger partial charge in [0.05, 0.1) is 6.10 Å². The first-order chi connectivity index (χ1) is 8.63. The van der Waals surface area contributed by atoms with Gasteiger partial charge in [-0.05, 0) is 38.6 Å². The minimum absolute atomic E-state index is 0.0682. The second-order valence-electron chi connectivity index (χ2n) is 6.58. The summed E-state index contributed by atoms with van der Waals surface area (Å²) in [4.78, 5) is 13.8. The van der Waals surface area contributed by atoms with Crippen molar-refractivity contribution in [2.45, 2.75) is 57.5 Å². The van der Waals surface area contributed by atoms with Crippen molar-refractivity contribution < 1.29 is 9.90 Å². The molecule has 2 aliphatic carbocycles. The van der Waals surface area contributed by atoms with Gasteiger partial charge in [0.2, 0.25) is 0 Å². The summed E-state index contributed by atoms with van der Waals surface area (Å²) in [5.74, 6) is 0.638. The summed E-state index contributed by atoms with van der Waals surface area (Å²) in [6.45, 7) is 1.94. The lowest BCUT2D eigenvalue weighted by Crippen LogP contribution is -2.42. The Morgan fingerprint density at radius 3 is 2.33 bits per heavy atom. The molecule has 2 rings (SSSR count). The summed E-state index contributed by atoms with van der Waals surface area (Å²) in [6, 6.07) is 0. The van der Waals surface area contributed by atoms with Gasteiger partial charge in [-0.1, -0.05) is 25.7 Å². The van der Waals surface area contributed by atoms with E-state index in [1.165, 1.54) is 32.0 Å². The maximum absolute atomic E-state index is 11.5. The average Bonchev–Trinajstić information content (AvgIpc) is 2.53. The Morgan fingerprint density at radius 2 is 1.83 bits per heavy atom. The van der Waals surface area contributed by atoms with Crippen LogP contribution < -0.4 is 0 Å². The van der Waals surface area contributed by atoms with E-state index < -0.39 is 0 Å². The standard InChI is InChI=1S/C15H27NO2/c1-16(10-13-8-14(18)9-13)11-15(12-17)6-4-2-3-5-7-15/h12-14,18H,2-11H2,1H3. The molecule has 0 spiro atoms. The van der Waals surface area contributed by atoms with Gasteiger partial charge in [0.25, 0.3) is 0 Å². The van der Waals surface area contributed by atoms with Crippen LogP contribution in [0.1, 0.15) is 51.4 Å². The predicted molar refractivity (Wildman–Crippen MR) is 72.4 cm³/mol. The molecule has 0 radical (unpaired) electrons. The number of nitrogens with zero attached hydrogens (tertiary/aromatic N) is 1. The van der Waals surface area contributed by atoms with Crippen LogP contribution in [0.5, 0.6) is 0 Å². The Labute approximate surface area is 111 Å². The van der Waals surface area contributed by atoms with Gasteiger partial charge in [0.1, 0.15) is 6.29 Å². The van der Waals surface area contributed by atoms with Gasteiger partial charge in [-0.25, -0.2) is 0 Å². The molecule has 3 heteroatoms. The number of aliphatic hydroxyl groups excluding tert-OH is 1. The number of carbonyl (C=O) groups is 1. The minimum Gasteiger partial charge on any atom is -0.393 e. The minimum atomic E-state index is -0.0897. The van der Waals surface area contributed by atoms with Crippen LogP contribution in [-0.2, 0) is 4.79 Å². The molecular formula is C15H27NO2. The number of hydrogen-bond acceptors (Lipinski definition) is 3. The quantitative estimate of drug-likeness (QED) is 0.603. The molecule has 0 heterocycles. The van der Waals surface area contributed by atoms with Crippen LogP contribution in [0, 0.1) is 11.3 Å². The fourth-order valence-corrected chi connectivity index (χ4v) is 3.64. The zero-order valence-electron chi connectivity index (χ0n) is 11.6. The fourth-order valence-electron chi connectivity index (χ4n) is 3.64. The highest BCUT2D eigenvalue weighted by Gasteiger charge is 2.34. The molecule has 0 aromatic carbocycles. The van der Waals surface area contributed by atoms with Gasteiger partial charge in [-0.2, -0.15) is 0 Å². The summed E-state index contributed by atoms with van der Waals surface area (Å²) in [7, 11) is 2.13. The molecule has 0 unspecified atom stereocenters. The Hall–Kier alpha value is -0.410. The molecule has 104 valence electrons. The molecule has 0 aliphatic heterocycles. The molecule has 0 saturated heterocycles. The molecule has 0 bridgehead atoms. The van der Waals surface area contributed by atoms with Gasteiger partial charge in [0, 0.05) is 18.5 Å². The Balaban J connectivity index is 1.82. The second kappa shape index (κ2) is 6.16. The Bertz CT molecular complexity index is 266. The number of hydrogen-bond donors (Lipinski definition) is 1. The highest BCUT2D eigenvalue weighted by Crippen LogP contribution is 2.35. The second-order valence-corrected chi connectivity index (χ2v) is 6.58. The summed E-state index contributed by atoms with van der Waals surface area (Å²) >= 11 is 0. The maximum Gasteiger partial charge on any atom is 0.127 e. The maximum atomic E-state index is 11.5. The number of rotatable bonds is 5. The molecule has 2 fully saturated rings. The Kier molecular flexibility index (Phi) is 4.79. The number of carbonyl (C=O) groups excluding carboxylic acids is 1. The van der Waals surface area contributed by atoms with E-state index in [2.05, 4.69) is 11.9 Å². The summed E-state index contributed by atoms with van der Waals surface area (Å²) in [5, 5.41) is 9.31. The van der Waals surface area contributed by atoms with Crippen molar-refractivity contribution in [1.29, 1.82) is 0 Å². The van der Waals surface area contributed by atoms with Crippen LogP contribution in [0.3, 0.4) is 0 Å². The zero-order valence-corrected chi connectivity index (χ0v) is 11.6. The molecule has 3 nitrogen and oxygen atoms in total. The third-order valence-electron chi connectivity index (χ3n) is 4.71. The monoisotopic (exact) mass is 253 g/mol. The third-order valence-corrected chi connectivity index (χ3v) is 4.71. The largest absolute Gasteiger partial charge is 0.393 e. The van der Waals surface area contributed by atoms with Gasteiger partial charge >= 0.3 is 0 Å². The van der Waals surface area contributed by atoms with E-state index in [9.17, 15) is 9.90 Å². The first-order valence-corrected chi connectivity index (χ1v) is 7.46. The van der Waals surface area contributed by atoms with Crippen LogP contribution in [0.15, 0.2) is 0 Å².